The van der Waals surface area contributed by atoms with Crippen LogP contribution >= 0.6 is 7.82 Å². The molecule has 2 N–H and O–H groups in total. The number of rotatable bonds is 13. The summed E-state index contributed by atoms with van der Waals surface area (Å²) in [4.78, 5) is 17.2. The summed E-state index contributed by atoms with van der Waals surface area (Å²) in [6.45, 7) is 0.151. The van der Waals surface area contributed by atoms with Crippen molar-refractivity contribution in [1.29, 1.82) is 0 Å². The third-order valence-corrected chi connectivity index (χ3v) is 6.32. The Labute approximate surface area is 174 Å². The smallest absolute Gasteiger partial charge is 0.303 e. The van der Waals surface area contributed by atoms with Gasteiger partial charge in [-0.3, -0.25) is 4.52 Å². The number of phosphoric acid groups is 1. The molecule has 0 spiro atoms. The molecule has 0 amide bonds. The topological polar surface area (TPSA) is 66.8 Å². The van der Waals surface area contributed by atoms with Gasteiger partial charge < -0.3 is 9.79 Å². The molecule has 4 nitrogen and oxygen atoms in total. The quantitative estimate of drug-likeness (QED) is 0.249. The molecule has 29 heavy (non-hydrogen) atoms. The molecule has 0 unspecified atom stereocenters. The molecule has 0 saturated heterocycles. The fourth-order valence-electron chi connectivity index (χ4n) is 4.30. The lowest BCUT2D eigenvalue weighted by Crippen LogP contribution is -1.93. The first-order chi connectivity index (χ1) is 14.0. The Hall–Kier alpha value is -1.45. The summed E-state index contributed by atoms with van der Waals surface area (Å²) in [6, 6.07) is 15.6. The van der Waals surface area contributed by atoms with Crippen LogP contribution in [0, 0.1) is 0 Å². The van der Waals surface area contributed by atoms with Crippen molar-refractivity contribution in [3.05, 3.63) is 59.2 Å². The summed E-state index contributed by atoms with van der Waals surface area (Å²) in [5.41, 5.74) is 7.37. The highest BCUT2D eigenvalue weighted by Crippen LogP contribution is 2.38. The minimum absolute atomic E-state index is 0.151. The lowest BCUT2D eigenvalue weighted by atomic mass is 9.96. The predicted octanol–water partition coefficient (Wildman–Crippen LogP) is 6.42. The normalized spacial score (nSPS) is 12.8. The first kappa shape index (κ1) is 22.2. The summed E-state index contributed by atoms with van der Waals surface area (Å²) < 4.78 is 15.0. The van der Waals surface area contributed by atoms with Crippen molar-refractivity contribution in [2.45, 2.75) is 70.6 Å². The molecule has 0 bridgehead atoms. The summed E-state index contributed by atoms with van der Waals surface area (Å²) in [5, 5.41) is 0. The van der Waals surface area contributed by atoms with Crippen LogP contribution in [0.3, 0.4) is 0 Å². The fourth-order valence-corrected chi connectivity index (χ4v) is 4.66. The van der Waals surface area contributed by atoms with E-state index in [1.165, 1.54) is 72.8 Å². The summed E-state index contributed by atoms with van der Waals surface area (Å²) in [6.07, 6.45) is 12.6. The molecule has 1 aliphatic rings. The molecule has 0 saturated carbocycles. The van der Waals surface area contributed by atoms with Gasteiger partial charge in [0.1, 0.15) is 0 Å². The third kappa shape index (κ3) is 7.08. The number of aryl methyl sites for hydroxylation is 1. The molecule has 1 aliphatic carbocycles. The van der Waals surface area contributed by atoms with E-state index in [1.807, 2.05) is 0 Å². The van der Waals surface area contributed by atoms with Gasteiger partial charge in [0, 0.05) is 0 Å². The van der Waals surface area contributed by atoms with E-state index in [2.05, 4.69) is 47.0 Å². The average Bonchev–Trinajstić information content (AvgIpc) is 3.07. The Kier molecular flexibility index (Phi) is 8.50. The van der Waals surface area contributed by atoms with Crippen LogP contribution in [-0.4, -0.2) is 16.4 Å². The predicted molar refractivity (Wildman–Crippen MR) is 118 cm³/mol. The van der Waals surface area contributed by atoms with Crippen LogP contribution in [0.15, 0.2) is 42.5 Å². The van der Waals surface area contributed by atoms with Gasteiger partial charge in [0.05, 0.1) is 6.61 Å². The Bertz CT molecular complexity index is 827. The number of benzene rings is 2. The van der Waals surface area contributed by atoms with Gasteiger partial charge in [0.25, 0.3) is 0 Å². The molecule has 3 rings (SSSR count). The zero-order chi connectivity index (χ0) is 20.5. The van der Waals surface area contributed by atoms with Crippen molar-refractivity contribution in [3.63, 3.8) is 0 Å². The summed E-state index contributed by atoms with van der Waals surface area (Å²) >= 11 is 0. The monoisotopic (exact) mass is 416 g/mol. The number of fused-ring (bicyclic) bond motifs is 3. The van der Waals surface area contributed by atoms with Crippen molar-refractivity contribution < 1.29 is 18.9 Å². The molecular weight excluding hydrogens is 383 g/mol. The molecule has 0 heterocycles. The highest BCUT2D eigenvalue weighted by atomic mass is 31.2. The Morgan fingerprint density at radius 3 is 2.10 bits per heavy atom. The minimum atomic E-state index is -4.29. The molecule has 5 heteroatoms. The maximum absolute atomic E-state index is 10.6. The Morgan fingerprint density at radius 2 is 1.38 bits per heavy atom. The first-order valence-corrected chi connectivity index (χ1v) is 12.5. The molecule has 0 radical (unpaired) electrons. The molecule has 0 aliphatic heterocycles. The van der Waals surface area contributed by atoms with Crippen LogP contribution < -0.4 is 0 Å². The molecule has 0 atom stereocenters. The Morgan fingerprint density at radius 1 is 0.759 bits per heavy atom. The van der Waals surface area contributed by atoms with Crippen LogP contribution in [0.25, 0.3) is 11.1 Å². The van der Waals surface area contributed by atoms with Crippen molar-refractivity contribution in [3.8, 4) is 11.1 Å². The largest absolute Gasteiger partial charge is 0.469 e. The van der Waals surface area contributed by atoms with Gasteiger partial charge in [-0.25, -0.2) is 4.57 Å². The summed E-state index contributed by atoms with van der Waals surface area (Å²) in [5.74, 6) is 0. The molecule has 0 fully saturated rings. The van der Waals surface area contributed by atoms with Gasteiger partial charge in [0.2, 0.25) is 0 Å². The van der Waals surface area contributed by atoms with Crippen molar-refractivity contribution in [1.82, 2.24) is 0 Å². The second kappa shape index (κ2) is 11.1. The highest BCUT2D eigenvalue weighted by molar-refractivity contribution is 7.46. The van der Waals surface area contributed by atoms with E-state index in [-0.39, 0.29) is 6.61 Å². The number of unbranched alkanes of at least 4 members (excludes halogenated alkanes) is 8. The number of phosphoric ester groups is 1. The van der Waals surface area contributed by atoms with Gasteiger partial charge in [-0.15, -0.1) is 0 Å². The maximum atomic E-state index is 10.6. The van der Waals surface area contributed by atoms with E-state index in [0.29, 0.717) is 0 Å². The lowest BCUT2D eigenvalue weighted by Gasteiger charge is -2.09. The molecular formula is C24H33O4P. The van der Waals surface area contributed by atoms with Crippen molar-refractivity contribution >= 4 is 7.82 Å². The van der Waals surface area contributed by atoms with E-state index in [1.54, 1.807) is 0 Å². The summed E-state index contributed by atoms with van der Waals surface area (Å²) in [7, 11) is -4.29. The van der Waals surface area contributed by atoms with Crippen molar-refractivity contribution in [2.75, 3.05) is 6.61 Å². The van der Waals surface area contributed by atoms with Gasteiger partial charge in [-0.2, -0.15) is 0 Å². The zero-order valence-electron chi connectivity index (χ0n) is 17.2. The van der Waals surface area contributed by atoms with Crippen LogP contribution in [0.4, 0.5) is 0 Å². The van der Waals surface area contributed by atoms with Crippen LogP contribution in [0.5, 0.6) is 0 Å². The van der Waals surface area contributed by atoms with Gasteiger partial charge in [-0.05, 0) is 53.5 Å². The third-order valence-electron chi connectivity index (χ3n) is 5.80. The van der Waals surface area contributed by atoms with Gasteiger partial charge in [0.15, 0.2) is 0 Å². The molecule has 2 aromatic rings. The number of hydrogen-bond acceptors (Lipinski definition) is 2. The minimum Gasteiger partial charge on any atom is -0.303 e. The van der Waals surface area contributed by atoms with Crippen LogP contribution in [0.2, 0.25) is 0 Å². The lowest BCUT2D eigenvalue weighted by molar-refractivity contribution is 0.193. The van der Waals surface area contributed by atoms with E-state index in [0.717, 1.165) is 25.7 Å². The first-order valence-electron chi connectivity index (χ1n) is 10.9. The van der Waals surface area contributed by atoms with E-state index >= 15 is 0 Å². The fraction of sp³-hybridized carbons (Fsp3) is 0.500. The van der Waals surface area contributed by atoms with Crippen molar-refractivity contribution in [2.24, 2.45) is 0 Å². The van der Waals surface area contributed by atoms with Crippen LogP contribution in [-0.2, 0) is 21.9 Å². The average molecular weight is 416 g/mol. The second-order valence-electron chi connectivity index (χ2n) is 8.03. The standard InChI is InChI=1S/C24H33O4P/c25-29(26,27)28-18-11-7-5-3-1-2-4-6-8-13-20-15-12-17-23-22-16-10-9-14-21(22)19-24(20)23/h9-10,12,14-17H,1-8,11,13,18-19H2,(H2,25,26,27). The SMILES string of the molecule is O=P(O)(O)OCCCCCCCCCCCc1cccc2c1Cc1ccccc1-2. The van der Waals surface area contributed by atoms with E-state index in [4.69, 9.17) is 9.79 Å². The maximum Gasteiger partial charge on any atom is 0.469 e. The van der Waals surface area contributed by atoms with Gasteiger partial charge in [-0.1, -0.05) is 87.4 Å². The Balaban J connectivity index is 1.25. The molecule has 0 aromatic heterocycles. The van der Waals surface area contributed by atoms with E-state index in [9.17, 15) is 4.57 Å². The van der Waals surface area contributed by atoms with Crippen LogP contribution in [0.1, 0.15) is 74.5 Å². The number of hydrogen-bond donors (Lipinski definition) is 2. The second-order valence-corrected chi connectivity index (χ2v) is 9.27. The highest BCUT2D eigenvalue weighted by Gasteiger charge is 2.19. The van der Waals surface area contributed by atoms with E-state index < -0.39 is 7.82 Å². The molecule has 2 aromatic carbocycles. The molecule has 158 valence electrons. The zero-order valence-corrected chi connectivity index (χ0v) is 18.1. The van der Waals surface area contributed by atoms with Gasteiger partial charge >= 0.3 is 7.82 Å².